The van der Waals surface area contributed by atoms with E-state index in [0.29, 0.717) is 24.3 Å². The molecule has 0 saturated heterocycles. The summed E-state index contributed by atoms with van der Waals surface area (Å²) in [6, 6.07) is 3.17. The fourth-order valence-corrected chi connectivity index (χ4v) is 1.49. The second-order valence-corrected chi connectivity index (χ2v) is 2.84. The number of rotatable bonds is 1. The average Bonchev–Trinajstić information content (AvgIpc) is 2.50. The molecule has 1 aliphatic rings. The van der Waals surface area contributed by atoms with Gasteiger partial charge < -0.3 is 10.5 Å². The molecule has 1 aromatic carbocycles. The zero-order valence-corrected chi connectivity index (χ0v) is 6.82. The van der Waals surface area contributed by atoms with Crippen LogP contribution in [0.25, 0.3) is 0 Å². The molecule has 1 aliphatic heterocycles. The lowest BCUT2D eigenvalue weighted by Crippen LogP contribution is -1.98. The Morgan fingerprint density at radius 3 is 3.00 bits per heavy atom. The van der Waals surface area contributed by atoms with Crippen LogP contribution in [0.5, 0.6) is 5.75 Å². The minimum absolute atomic E-state index is 0.00463. The zero-order valence-electron chi connectivity index (χ0n) is 6.82. The minimum Gasteiger partial charge on any atom is -0.493 e. The third-order valence-electron chi connectivity index (χ3n) is 2.06. The molecule has 5 nitrogen and oxygen atoms in total. The van der Waals surface area contributed by atoms with E-state index in [1.165, 1.54) is 6.07 Å². The number of fused-ring (bicyclic) bond motifs is 1. The maximum absolute atomic E-state index is 10.7. The molecule has 0 radical (unpaired) electrons. The molecule has 0 bridgehead atoms. The van der Waals surface area contributed by atoms with Crippen molar-refractivity contribution >= 4 is 11.4 Å². The van der Waals surface area contributed by atoms with Gasteiger partial charge in [0.1, 0.15) is 11.4 Å². The van der Waals surface area contributed by atoms with Crippen molar-refractivity contribution in [3.63, 3.8) is 0 Å². The molecule has 0 unspecified atom stereocenters. The van der Waals surface area contributed by atoms with E-state index < -0.39 is 4.92 Å². The molecule has 2 rings (SSSR count). The van der Waals surface area contributed by atoms with E-state index in [1.807, 2.05) is 0 Å². The zero-order chi connectivity index (χ0) is 9.42. The lowest BCUT2D eigenvalue weighted by molar-refractivity contribution is -0.384. The first-order valence-electron chi connectivity index (χ1n) is 3.88. The van der Waals surface area contributed by atoms with Gasteiger partial charge in [0.2, 0.25) is 0 Å². The molecular weight excluding hydrogens is 172 g/mol. The Bertz CT molecular complexity index is 376. The van der Waals surface area contributed by atoms with Crippen molar-refractivity contribution in [1.82, 2.24) is 0 Å². The first-order chi connectivity index (χ1) is 6.20. The molecule has 68 valence electrons. The highest BCUT2D eigenvalue weighted by atomic mass is 16.6. The molecule has 0 aromatic heterocycles. The van der Waals surface area contributed by atoms with Gasteiger partial charge >= 0.3 is 0 Å². The number of ether oxygens (including phenoxy) is 1. The first kappa shape index (κ1) is 7.85. The number of nitro groups is 1. The summed E-state index contributed by atoms with van der Waals surface area (Å²) >= 11 is 0. The second-order valence-electron chi connectivity index (χ2n) is 2.84. The summed E-state index contributed by atoms with van der Waals surface area (Å²) in [7, 11) is 0. The van der Waals surface area contributed by atoms with Gasteiger partial charge in [0.05, 0.1) is 17.1 Å². The van der Waals surface area contributed by atoms with E-state index >= 15 is 0 Å². The SMILES string of the molecule is Nc1ccc2c(c1[N+](=O)[O-])CCO2. The van der Waals surface area contributed by atoms with Crippen LogP contribution in [0.15, 0.2) is 12.1 Å². The number of nitrogens with two attached hydrogens (primary N) is 1. The molecule has 2 N–H and O–H groups in total. The topological polar surface area (TPSA) is 78.4 Å². The van der Waals surface area contributed by atoms with Crippen LogP contribution in [0.1, 0.15) is 5.56 Å². The Morgan fingerprint density at radius 2 is 2.31 bits per heavy atom. The monoisotopic (exact) mass is 180 g/mol. The smallest absolute Gasteiger partial charge is 0.299 e. The summed E-state index contributed by atoms with van der Waals surface area (Å²) in [6.07, 6.45) is 0.566. The Balaban J connectivity index is 2.65. The lowest BCUT2D eigenvalue weighted by atomic mass is 10.1. The lowest BCUT2D eigenvalue weighted by Gasteiger charge is -2.01. The summed E-state index contributed by atoms with van der Waals surface area (Å²) in [5.74, 6) is 0.584. The third-order valence-corrected chi connectivity index (χ3v) is 2.06. The van der Waals surface area contributed by atoms with Crippen molar-refractivity contribution in [2.24, 2.45) is 0 Å². The van der Waals surface area contributed by atoms with Gasteiger partial charge in [0.25, 0.3) is 5.69 Å². The first-order valence-corrected chi connectivity index (χ1v) is 3.88. The largest absolute Gasteiger partial charge is 0.493 e. The summed E-state index contributed by atoms with van der Waals surface area (Å²) in [4.78, 5) is 10.2. The van der Waals surface area contributed by atoms with Gasteiger partial charge in [-0.1, -0.05) is 0 Å². The highest BCUT2D eigenvalue weighted by Gasteiger charge is 2.25. The maximum atomic E-state index is 10.7. The maximum Gasteiger partial charge on any atom is 0.299 e. The molecule has 0 spiro atoms. The van der Waals surface area contributed by atoms with Gasteiger partial charge in [-0.15, -0.1) is 0 Å². The van der Waals surface area contributed by atoms with E-state index in [4.69, 9.17) is 10.5 Å². The summed E-state index contributed by atoms with van der Waals surface area (Å²) in [5.41, 5.74) is 6.31. The second kappa shape index (κ2) is 2.62. The van der Waals surface area contributed by atoms with E-state index in [2.05, 4.69) is 0 Å². The molecule has 1 heterocycles. The molecule has 5 heteroatoms. The van der Waals surface area contributed by atoms with E-state index in [9.17, 15) is 10.1 Å². The van der Waals surface area contributed by atoms with E-state index in [1.54, 1.807) is 6.07 Å². The fourth-order valence-electron chi connectivity index (χ4n) is 1.49. The van der Waals surface area contributed by atoms with E-state index in [0.717, 1.165) is 0 Å². The summed E-state index contributed by atoms with van der Waals surface area (Å²) in [6.45, 7) is 0.500. The van der Waals surface area contributed by atoms with Crippen LogP contribution in [-0.2, 0) is 6.42 Å². The number of anilines is 1. The number of hydrogen-bond acceptors (Lipinski definition) is 4. The summed E-state index contributed by atoms with van der Waals surface area (Å²) < 4.78 is 5.18. The molecule has 0 saturated carbocycles. The number of nitrogens with zero attached hydrogens (tertiary/aromatic N) is 1. The minimum atomic E-state index is -0.456. The molecule has 0 aliphatic carbocycles. The Labute approximate surface area is 74.3 Å². The highest BCUT2D eigenvalue weighted by Crippen LogP contribution is 2.37. The van der Waals surface area contributed by atoms with Crippen LogP contribution >= 0.6 is 0 Å². The van der Waals surface area contributed by atoms with E-state index in [-0.39, 0.29) is 11.4 Å². The molecular formula is C8H8N2O3. The van der Waals surface area contributed by atoms with Crippen LogP contribution in [-0.4, -0.2) is 11.5 Å². The molecule has 0 amide bonds. The van der Waals surface area contributed by atoms with Crippen molar-refractivity contribution in [3.8, 4) is 5.75 Å². The van der Waals surface area contributed by atoms with Crippen molar-refractivity contribution in [2.75, 3.05) is 12.3 Å². The predicted octanol–water partition coefficient (Wildman–Crippen LogP) is 1.11. The van der Waals surface area contributed by atoms with Crippen LogP contribution in [0.4, 0.5) is 11.4 Å². The Morgan fingerprint density at radius 1 is 1.54 bits per heavy atom. The Hall–Kier alpha value is -1.78. The molecule has 0 fully saturated rings. The summed E-state index contributed by atoms with van der Waals surface area (Å²) in [5, 5.41) is 10.7. The van der Waals surface area contributed by atoms with Crippen LogP contribution in [0.2, 0.25) is 0 Å². The average molecular weight is 180 g/mol. The quantitative estimate of drug-likeness (QED) is 0.399. The standard InChI is InChI=1S/C8H8N2O3/c9-6-1-2-7-5(3-4-13-7)8(6)10(11)12/h1-2H,3-4,9H2. The molecule has 1 aromatic rings. The normalized spacial score (nSPS) is 13.5. The highest BCUT2D eigenvalue weighted by molar-refractivity contribution is 5.67. The Kier molecular flexibility index (Phi) is 1.58. The number of nitrogen functional groups attached to an aromatic ring is 1. The van der Waals surface area contributed by atoms with Crippen LogP contribution in [0, 0.1) is 10.1 Å². The van der Waals surface area contributed by atoms with Crippen molar-refractivity contribution in [2.45, 2.75) is 6.42 Å². The van der Waals surface area contributed by atoms with Crippen molar-refractivity contribution < 1.29 is 9.66 Å². The molecule has 13 heavy (non-hydrogen) atoms. The van der Waals surface area contributed by atoms with Crippen LogP contribution in [0.3, 0.4) is 0 Å². The van der Waals surface area contributed by atoms with Gasteiger partial charge in [-0.3, -0.25) is 10.1 Å². The van der Waals surface area contributed by atoms with Crippen molar-refractivity contribution in [1.29, 1.82) is 0 Å². The molecule has 0 atom stereocenters. The van der Waals surface area contributed by atoms with Gasteiger partial charge in [0, 0.05) is 6.42 Å². The third kappa shape index (κ3) is 1.09. The van der Waals surface area contributed by atoms with Crippen LogP contribution < -0.4 is 10.5 Å². The van der Waals surface area contributed by atoms with Crippen molar-refractivity contribution in [3.05, 3.63) is 27.8 Å². The number of benzene rings is 1. The predicted molar refractivity (Wildman–Crippen MR) is 46.7 cm³/mol. The van der Waals surface area contributed by atoms with Gasteiger partial charge in [-0.05, 0) is 12.1 Å². The number of nitro benzene ring substituents is 1. The van der Waals surface area contributed by atoms with Gasteiger partial charge in [0.15, 0.2) is 0 Å². The fraction of sp³-hybridized carbons (Fsp3) is 0.250. The van der Waals surface area contributed by atoms with Gasteiger partial charge in [-0.25, -0.2) is 0 Å². The number of hydrogen-bond donors (Lipinski definition) is 1. The van der Waals surface area contributed by atoms with Gasteiger partial charge in [-0.2, -0.15) is 0 Å².